The maximum absolute atomic E-state index is 15.1. The molecule has 0 bridgehead atoms. The Kier molecular flexibility index (Phi) is 9.27. The fourth-order valence-electron chi connectivity index (χ4n) is 4.26. The molecule has 44 heavy (non-hydrogen) atoms. The van der Waals surface area contributed by atoms with E-state index in [1.165, 1.54) is 18.3 Å². The Morgan fingerprint density at radius 1 is 1.07 bits per heavy atom. The van der Waals surface area contributed by atoms with E-state index < -0.39 is 55.5 Å². The van der Waals surface area contributed by atoms with Crippen LogP contribution in [0.2, 0.25) is 0 Å². The number of nitrogens with zero attached hydrogens (tertiary/aromatic N) is 4. The maximum atomic E-state index is 15.1. The fraction of sp³-hybridized carbons (Fsp3) is 0.400. The van der Waals surface area contributed by atoms with Crippen molar-refractivity contribution in [3.63, 3.8) is 0 Å². The summed E-state index contributed by atoms with van der Waals surface area (Å²) in [6, 6.07) is 6.70. The zero-order valence-electron chi connectivity index (χ0n) is 25.5. The number of ether oxygens (including phenoxy) is 1. The van der Waals surface area contributed by atoms with E-state index in [1.807, 2.05) is 27.7 Å². The first-order valence-electron chi connectivity index (χ1n) is 13.7. The zero-order chi connectivity index (χ0) is 32.6. The number of pyridine rings is 1. The average Bonchev–Trinajstić information content (AvgIpc) is 3.27. The number of anilines is 1. The van der Waals surface area contributed by atoms with Crippen LogP contribution in [0.1, 0.15) is 47.1 Å². The molecule has 10 nitrogen and oxygen atoms in total. The van der Waals surface area contributed by atoms with Crippen LogP contribution in [-0.4, -0.2) is 60.7 Å². The first kappa shape index (κ1) is 33.1. The summed E-state index contributed by atoms with van der Waals surface area (Å²) in [6.07, 6.45) is 3.03. The van der Waals surface area contributed by atoms with E-state index in [-0.39, 0.29) is 44.6 Å². The molecule has 0 aliphatic carbocycles. The van der Waals surface area contributed by atoms with Crippen LogP contribution < -0.4 is 5.32 Å². The Balaban J connectivity index is 1.72. The highest BCUT2D eigenvalue weighted by Crippen LogP contribution is 2.32. The SMILES string of the molecule is Cc1ccc(S(=O)(=O)n2cc(-c3ncc(F)c(NC(C[S@](=O)CC(=O)OC(C)(C)C)C(C)(C)C)n3)c3cc(F)cnc32)cc1. The van der Waals surface area contributed by atoms with Gasteiger partial charge in [-0.05, 0) is 51.3 Å². The average molecular weight is 648 g/mol. The molecule has 1 unspecified atom stereocenters. The van der Waals surface area contributed by atoms with Gasteiger partial charge in [-0.3, -0.25) is 9.00 Å². The molecule has 236 valence electrons. The summed E-state index contributed by atoms with van der Waals surface area (Å²) >= 11 is 0. The van der Waals surface area contributed by atoms with Gasteiger partial charge >= 0.3 is 5.97 Å². The smallest absolute Gasteiger partial charge is 0.319 e. The summed E-state index contributed by atoms with van der Waals surface area (Å²) in [5.74, 6) is -2.84. The van der Waals surface area contributed by atoms with Gasteiger partial charge in [0.15, 0.2) is 23.1 Å². The first-order valence-corrected chi connectivity index (χ1v) is 16.6. The van der Waals surface area contributed by atoms with Crippen molar-refractivity contribution >= 4 is 43.6 Å². The lowest BCUT2D eigenvalue weighted by Gasteiger charge is -2.31. The number of halogens is 2. The predicted octanol–water partition coefficient (Wildman–Crippen LogP) is 5.23. The minimum Gasteiger partial charge on any atom is -0.459 e. The first-order chi connectivity index (χ1) is 20.3. The molecule has 0 amide bonds. The second-order valence-electron chi connectivity index (χ2n) is 12.5. The number of esters is 1. The quantitative estimate of drug-likeness (QED) is 0.242. The summed E-state index contributed by atoms with van der Waals surface area (Å²) in [5.41, 5.74) is -0.387. The third-order valence-corrected chi connectivity index (χ3v) is 9.48. The summed E-state index contributed by atoms with van der Waals surface area (Å²) in [7, 11) is -5.81. The second kappa shape index (κ2) is 12.3. The molecule has 0 saturated carbocycles. The monoisotopic (exact) mass is 647 g/mol. The molecule has 2 atom stereocenters. The number of aryl methyl sites for hydroxylation is 1. The maximum Gasteiger partial charge on any atom is 0.319 e. The standard InChI is InChI=1S/C30H35F2N5O5S2/c1-18-8-10-20(11-9-18)44(40,41)37-15-22(21-12-19(31)13-34-28(21)37)26-33-14-23(32)27(36-26)35-24(29(2,3)4)16-43(39)17-25(38)42-30(5,6)7/h8-15,24H,16-17H2,1-7H3,(H,33,35,36)/t24?,43-/m0/s1. The summed E-state index contributed by atoms with van der Waals surface area (Å²) < 4.78 is 75.7. The van der Waals surface area contributed by atoms with Crippen LogP contribution >= 0.6 is 0 Å². The number of nitrogens with one attached hydrogen (secondary N) is 1. The van der Waals surface area contributed by atoms with E-state index in [9.17, 15) is 21.8 Å². The van der Waals surface area contributed by atoms with Gasteiger partial charge in [-0.2, -0.15) is 0 Å². The lowest BCUT2D eigenvalue weighted by atomic mass is 9.88. The number of carbonyl (C=O) groups is 1. The van der Waals surface area contributed by atoms with Crippen molar-refractivity contribution in [1.29, 1.82) is 0 Å². The van der Waals surface area contributed by atoms with Gasteiger partial charge in [0.2, 0.25) is 0 Å². The third-order valence-electron chi connectivity index (χ3n) is 6.55. The van der Waals surface area contributed by atoms with Crippen LogP contribution in [0.3, 0.4) is 0 Å². The Bertz CT molecular complexity index is 1830. The second-order valence-corrected chi connectivity index (χ2v) is 15.8. The van der Waals surface area contributed by atoms with Gasteiger partial charge in [-0.1, -0.05) is 38.5 Å². The van der Waals surface area contributed by atoms with Crippen molar-refractivity contribution in [3.8, 4) is 11.4 Å². The van der Waals surface area contributed by atoms with Gasteiger partial charge in [0.1, 0.15) is 17.2 Å². The number of hydrogen-bond acceptors (Lipinski definition) is 9. The van der Waals surface area contributed by atoms with Crippen molar-refractivity contribution in [2.45, 2.75) is 65.0 Å². The molecule has 0 aliphatic heterocycles. The molecule has 3 aromatic heterocycles. The van der Waals surface area contributed by atoms with E-state index in [1.54, 1.807) is 32.9 Å². The summed E-state index contributed by atoms with van der Waals surface area (Å²) in [6.45, 7) is 12.5. The molecule has 0 radical (unpaired) electrons. The molecule has 1 aromatic carbocycles. The van der Waals surface area contributed by atoms with E-state index in [2.05, 4.69) is 20.3 Å². The van der Waals surface area contributed by atoms with E-state index >= 15 is 4.39 Å². The van der Waals surface area contributed by atoms with Crippen molar-refractivity contribution in [2.75, 3.05) is 16.8 Å². The highest BCUT2D eigenvalue weighted by Gasteiger charge is 2.30. The van der Waals surface area contributed by atoms with Crippen molar-refractivity contribution in [2.24, 2.45) is 5.41 Å². The van der Waals surface area contributed by atoms with Gasteiger partial charge in [0.25, 0.3) is 10.0 Å². The van der Waals surface area contributed by atoms with Crippen molar-refractivity contribution in [1.82, 2.24) is 18.9 Å². The molecule has 3 heterocycles. The molecular formula is C30H35F2N5O5S2. The molecule has 0 aliphatic rings. The highest BCUT2D eigenvalue weighted by molar-refractivity contribution is 7.90. The normalized spacial score (nSPS) is 13.9. The zero-order valence-corrected chi connectivity index (χ0v) is 27.1. The number of hydrogen-bond donors (Lipinski definition) is 1. The Morgan fingerprint density at radius 3 is 2.34 bits per heavy atom. The molecule has 4 rings (SSSR count). The third kappa shape index (κ3) is 7.65. The van der Waals surface area contributed by atoms with E-state index in [0.29, 0.717) is 0 Å². The van der Waals surface area contributed by atoms with Crippen molar-refractivity contribution < 1.29 is 30.9 Å². The molecule has 14 heteroatoms. The number of aromatic nitrogens is 4. The number of benzene rings is 1. The Morgan fingerprint density at radius 2 is 1.73 bits per heavy atom. The van der Waals surface area contributed by atoms with Crippen LogP contribution in [0.5, 0.6) is 0 Å². The number of carbonyl (C=O) groups excluding carboxylic acids is 1. The van der Waals surface area contributed by atoms with Gasteiger partial charge < -0.3 is 10.1 Å². The number of rotatable bonds is 9. The Hall–Kier alpha value is -3.78. The largest absolute Gasteiger partial charge is 0.459 e. The highest BCUT2D eigenvalue weighted by atomic mass is 32.2. The lowest BCUT2D eigenvalue weighted by Crippen LogP contribution is -2.40. The molecule has 1 N–H and O–H groups in total. The summed E-state index contributed by atoms with van der Waals surface area (Å²) in [5, 5.41) is 3.09. The van der Waals surface area contributed by atoms with Crippen LogP contribution in [-0.2, 0) is 30.4 Å². The summed E-state index contributed by atoms with van der Waals surface area (Å²) in [4.78, 5) is 24.6. The van der Waals surface area contributed by atoms with Crippen molar-refractivity contribution in [3.05, 3.63) is 66.1 Å². The van der Waals surface area contributed by atoms with Gasteiger partial charge in [-0.25, -0.2) is 36.1 Å². The molecule has 0 spiro atoms. The van der Waals surface area contributed by atoms with Crippen LogP contribution in [0.15, 0.2) is 53.8 Å². The molecular weight excluding hydrogens is 612 g/mol. The van der Waals surface area contributed by atoms with Crippen LogP contribution in [0, 0.1) is 24.0 Å². The topological polar surface area (TPSA) is 133 Å². The molecule has 0 saturated heterocycles. The van der Waals surface area contributed by atoms with Gasteiger partial charge in [0, 0.05) is 39.7 Å². The van der Waals surface area contributed by atoms with Gasteiger partial charge in [-0.15, -0.1) is 0 Å². The molecule has 4 aromatic rings. The number of fused-ring (bicyclic) bond motifs is 1. The van der Waals surface area contributed by atoms with Crippen LogP contribution in [0.25, 0.3) is 22.4 Å². The Labute approximate surface area is 257 Å². The van der Waals surface area contributed by atoms with E-state index in [0.717, 1.165) is 28.0 Å². The minimum atomic E-state index is -4.16. The molecule has 0 fully saturated rings. The van der Waals surface area contributed by atoms with E-state index in [4.69, 9.17) is 4.74 Å². The lowest BCUT2D eigenvalue weighted by molar-refractivity contribution is -0.151. The fourth-order valence-corrected chi connectivity index (χ4v) is 6.98. The van der Waals surface area contributed by atoms with Gasteiger partial charge in [0.05, 0.1) is 17.3 Å². The predicted molar refractivity (Wildman–Crippen MR) is 165 cm³/mol. The minimum absolute atomic E-state index is 0.00698. The van der Waals surface area contributed by atoms with Crippen LogP contribution in [0.4, 0.5) is 14.6 Å².